The maximum Gasteiger partial charge on any atom is 0.390 e. The van der Waals surface area contributed by atoms with Crippen LogP contribution in [0.5, 0.6) is 0 Å². The van der Waals surface area contributed by atoms with Gasteiger partial charge in [-0.1, -0.05) is 18.2 Å². The highest BCUT2D eigenvalue weighted by atomic mass is 19.4. The number of carbonyl (C=O) groups is 1. The van der Waals surface area contributed by atoms with E-state index in [1.165, 1.54) is 4.90 Å². The molecule has 0 saturated heterocycles. The first-order valence-electron chi connectivity index (χ1n) is 5.41. The van der Waals surface area contributed by atoms with Crippen LogP contribution in [0.15, 0.2) is 24.3 Å². The number of benzene rings is 1. The SMILES string of the molecule is O=C1c2ccccc2CCN1CCC(F)(F)F. The molecule has 0 aliphatic carbocycles. The number of amides is 1. The molecule has 0 fully saturated rings. The fraction of sp³-hybridized carbons (Fsp3) is 0.417. The standard InChI is InChI=1S/C12H12F3NO/c13-12(14,15)6-8-16-7-5-9-3-1-2-4-10(9)11(16)17/h1-4H,5-8H2. The van der Waals surface area contributed by atoms with Crippen molar-refractivity contribution < 1.29 is 18.0 Å². The Morgan fingerprint density at radius 3 is 2.65 bits per heavy atom. The third kappa shape index (κ3) is 2.78. The first-order chi connectivity index (χ1) is 7.97. The zero-order valence-electron chi connectivity index (χ0n) is 9.13. The van der Waals surface area contributed by atoms with Crippen molar-refractivity contribution >= 4 is 5.91 Å². The summed E-state index contributed by atoms with van der Waals surface area (Å²) < 4.78 is 36.3. The van der Waals surface area contributed by atoms with Crippen LogP contribution < -0.4 is 0 Å². The second-order valence-electron chi connectivity index (χ2n) is 4.06. The van der Waals surface area contributed by atoms with Crippen molar-refractivity contribution in [1.29, 1.82) is 0 Å². The summed E-state index contributed by atoms with van der Waals surface area (Å²) >= 11 is 0. The fourth-order valence-corrected chi connectivity index (χ4v) is 1.95. The number of hydrogen-bond acceptors (Lipinski definition) is 1. The van der Waals surface area contributed by atoms with E-state index in [4.69, 9.17) is 0 Å². The van der Waals surface area contributed by atoms with E-state index in [1.807, 2.05) is 12.1 Å². The largest absolute Gasteiger partial charge is 0.390 e. The summed E-state index contributed by atoms with van der Waals surface area (Å²) in [5.41, 5.74) is 1.45. The van der Waals surface area contributed by atoms with E-state index in [2.05, 4.69) is 0 Å². The molecular formula is C12H12F3NO. The summed E-state index contributed by atoms with van der Waals surface area (Å²) in [4.78, 5) is 13.2. The van der Waals surface area contributed by atoms with Gasteiger partial charge in [-0.2, -0.15) is 13.2 Å². The second kappa shape index (κ2) is 4.39. The van der Waals surface area contributed by atoms with Crippen LogP contribution in [0.4, 0.5) is 13.2 Å². The van der Waals surface area contributed by atoms with Crippen molar-refractivity contribution in [2.24, 2.45) is 0 Å². The van der Waals surface area contributed by atoms with Gasteiger partial charge in [0.15, 0.2) is 0 Å². The molecule has 1 heterocycles. The van der Waals surface area contributed by atoms with Gasteiger partial charge in [0.2, 0.25) is 0 Å². The first-order valence-corrected chi connectivity index (χ1v) is 5.41. The van der Waals surface area contributed by atoms with Gasteiger partial charge in [-0.25, -0.2) is 0 Å². The van der Waals surface area contributed by atoms with Crippen LogP contribution in [0, 0.1) is 0 Å². The van der Waals surface area contributed by atoms with Crippen molar-refractivity contribution in [2.75, 3.05) is 13.1 Å². The molecule has 0 N–H and O–H groups in total. The van der Waals surface area contributed by atoms with Crippen LogP contribution in [-0.2, 0) is 6.42 Å². The van der Waals surface area contributed by atoms with Crippen molar-refractivity contribution in [1.82, 2.24) is 4.90 Å². The molecular weight excluding hydrogens is 231 g/mol. The Balaban J connectivity index is 2.07. The summed E-state index contributed by atoms with van der Waals surface area (Å²) in [6.07, 6.45) is -4.53. The molecule has 0 saturated carbocycles. The Bertz CT molecular complexity index is 428. The highest BCUT2D eigenvalue weighted by Gasteiger charge is 2.31. The summed E-state index contributed by atoms with van der Waals surface area (Å²) in [5, 5.41) is 0. The molecule has 0 unspecified atom stereocenters. The minimum Gasteiger partial charge on any atom is -0.338 e. The van der Waals surface area contributed by atoms with Gasteiger partial charge < -0.3 is 4.90 Å². The smallest absolute Gasteiger partial charge is 0.338 e. The zero-order valence-corrected chi connectivity index (χ0v) is 9.13. The molecule has 5 heteroatoms. The number of hydrogen-bond donors (Lipinski definition) is 0. The molecule has 1 aromatic rings. The van der Waals surface area contributed by atoms with E-state index in [-0.39, 0.29) is 12.5 Å². The molecule has 92 valence electrons. The maximum atomic E-state index is 12.1. The molecule has 0 atom stereocenters. The van der Waals surface area contributed by atoms with Gasteiger partial charge in [0.25, 0.3) is 5.91 Å². The van der Waals surface area contributed by atoms with E-state index in [9.17, 15) is 18.0 Å². The number of halogens is 3. The van der Waals surface area contributed by atoms with Crippen LogP contribution in [0.1, 0.15) is 22.3 Å². The molecule has 0 radical (unpaired) electrons. The van der Waals surface area contributed by atoms with Crippen LogP contribution in [0.2, 0.25) is 0 Å². The summed E-state index contributed by atoms with van der Waals surface area (Å²) in [6, 6.07) is 7.06. The molecule has 2 rings (SSSR count). The van der Waals surface area contributed by atoms with Crippen molar-refractivity contribution in [3.63, 3.8) is 0 Å². The predicted octanol–water partition coefficient (Wildman–Crippen LogP) is 2.64. The summed E-state index contributed by atoms with van der Waals surface area (Å²) in [7, 11) is 0. The quantitative estimate of drug-likeness (QED) is 0.782. The van der Waals surface area contributed by atoms with E-state index in [1.54, 1.807) is 12.1 Å². The van der Waals surface area contributed by atoms with Crippen molar-refractivity contribution in [3.8, 4) is 0 Å². The van der Waals surface area contributed by atoms with Gasteiger partial charge in [-0.05, 0) is 18.1 Å². The summed E-state index contributed by atoms with van der Waals surface area (Å²) in [6.45, 7) is 0.114. The molecule has 0 spiro atoms. The normalized spacial score (nSPS) is 15.9. The highest BCUT2D eigenvalue weighted by molar-refractivity contribution is 5.96. The lowest BCUT2D eigenvalue weighted by molar-refractivity contribution is -0.136. The Hall–Kier alpha value is -1.52. The minimum absolute atomic E-state index is 0.253. The third-order valence-electron chi connectivity index (χ3n) is 2.85. The predicted molar refractivity (Wildman–Crippen MR) is 56.7 cm³/mol. The molecule has 1 amide bonds. The zero-order chi connectivity index (χ0) is 12.5. The maximum absolute atomic E-state index is 12.1. The van der Waals surface area contributed by atoms with Gasteiger partial charge in [0, 0.05) is 18.7 Å². The van der Waals surface area contributed by atoms with E-state index in [0.717, 1.165) is 5.56 Å². The van der Waals surface area contributed by atoms with Gasteiger partial charge in [-0.3, -0.25) is 4.79 Å². The molecule has 1 aliphatic heterocycles. The Labute approximate surface area is 97.0 Å². The third-order valence-corrected chi connectivity index (χ3v) is 2.85. The molecule has 1 aliphatic rings. The van der Waals surface area contributed by atoms with Gasteiger partial charge in [-0.15, -0.1) is 0 Å². The number of carbonyl (C=O) groups excluding carboxylic acids is 1. The Morgan fingerprint density at radius 1 is 1.24 bits per heavy atom. The minimum atomic E-state index is -4.21. The topological polar surface area (TPSA) is 20.3 Å². The fourth-order valence-electron chi connectivity index (χ4n) is 1.95. The van der Waals surface area contributed by atoms with E-state index >= 15 is 0 Å². The average molecular weight is 243 g/mol. The lowest BCUT2D eigenvalue weighted by Crippen LogP contribution is -2.39. The van der Waals surface area contributed by atoms with Crippen molar-refractivity contribution in [2.45, 2.75) is 19.0 Å². The van der Waals surface area contributed by atoms with Gasteiger partial charge in [0.05, 0.1) is 6.42 Å². The Kier molecular flexibility index (Phi) is 3.09. The number of nitrogens with zero attached hydrogens (tertiary/aromatic N) is 1. The Morgan fingerprint density at radius 2 is 1.94 bits per heavy atom. The molecule has 2 nitrogen and oxygen atoms in total. The first kappa shape index (κ1) is 12.0. The number of fused-ring (bicyclic) bond motifs is 1. The van der Waals surface area contributed by atoms with Crippen LogP contribution in [-0.4, -0.2) is 30.1 Å². The second-order valence-corrected chi connectivity index (χ2v) is 4.06. The average Bonchev–Trinajstić information content (AvgIpc) is 2.27. The molecule has 1 aromatic carbocycles. The lowest BCUT2D eigenvalue weighted by Gasteiger charge is -2.28. The van der Waals surface area contributed by atoms with Crippen LogP contribution in [0.25, 0.3) is 0 Å². The number of rotatable bonds is 2. The van der Waals surface area contributed by atoms with Crippen LogP contribution >= 0.6 is 0 Å². The van der Waals surface area contributed by atoms with Crippen LogP contribution in [0.3, 0.4) is 0 Å². The van der Waals surface area contributed by atoms with E-state index < -0.39 is 12.6 Å². The van der Waals surface area contributed by atoms with Gasteiger partial charge in [0.1, 0.15) is 0 Å². The summed E-state index contributed by atoms with van der Waals surface area (Å²) in [5.74, 6) is -0.295. The molecule has 0 aromatic heterocycles. The highest BCUT2D eigenvalue weighted by Crippen LogP contribution is 2.23. The van der Waals surface area contributed by atoms with Crippen molar-refractivity contribution in [3.05, 3.63) is 35.4 Å². The number of alkyl halides is 3. The monoisotopic (exact) mass is 243 g/mol. The molecule has 17 heavy (non-hydrogen) atoms. The lowest BCUT2D eigenvalue weighted by atomic mass is 9.99. The van der Waals surface area contributed by atoms with E-state index in [0.29, 0.717) is 18.5 Å². The van der Waals surface area contributed by atoms with Gasteiger partial charge >= 0.3 is 6.18 Å². The molecule has 0 bridgehead atoms.